The van der Waals surface area contributed by atoms with Gasteiger partial charge in [0, 0.05) is 17.1 Å². The van der Waals surface area contributed by atoms with E-state index in [-0.39, 0.29) is 12.1 Å². The number of aliphatic hydroxyl groups is 1. The van der Waals surface area contributed by atoms with Gasteiger partial charge in [-0.25, -0.2) is 0 Å². The van der Waals surface area contributed by atoms with E-state index in [9.17, 15) is 5.11 Å². The molecule has 0 heterocycles. The van der Waals surface area contributed by atoms with Crippen LogP contribution in [0, 0.1) is 0 Å². The Morgan fingerprint density at radius 1 is 1.33 bits per heavy atom. The smallest absolute Gasteiger partial charge is 0.138 e. The summed E-state index contributed by atoms with van der Waals surface area (Å²) in [5.74, 6) is 0.622. The van der Waals surface area contributed by atoms with Gasteiger partial charge in [0.25, 0.3) is 0 Å². The zero-order valence-corrected chi connectivity index (χ0v) is 12.4. The lowest BCUT2D eigenvalue weighted by atomic mass is 10.1. The molecule has 0 saturated carbocycles. The SMILES string of the molecule is CN(CCOc1ccc(Cl)cc1Cl)C(C)(C)CO. The third kappa shape index (κ3) is 4.32. The van der Waals surface area contributed by atoms with Crippen molar-refractivity contribution in [2.75, 3.05) is 26.8 Å². The van der Waals surface area contributed by atoms with Gasteiger partial charge in [0.1, 0.15) is 12.4 Å². The Kier molecular flexibility index (Phi) is 5.73. The van der Waals surface area contributed by atoms with Gasteiger partial charge in [-0.15, -0.1) is 0 Å². The second-order valence-electron chi connectivity index (χ2n) is 4.82. The molecular formula is C13H19Cl2NO2. The summed E-state index contributed by atoms with van der Waals surface area (Å²) in [6, 6.07) is 5.14. The highest BCUT2D eigenvalue weighted by Gasteiger charge is 2.21. The molecule has 0 fully saturated rings. The molecular weight excluding hydrogens is 273 g/mol. The molecule has 0 atom stereocenters. The summed E-state index contributed by atoms with van der Waals surface area (Å²) in [6.07, 6.45) is 0. The average Bonchev–Trinajstić information content (AvgIpc) is 2.31. The zero-order chi connectivity index (χ0) is 13.8. The number of rotatable bonds is 6. The van der Waals surface area contributed by atoms with Gasteiger partial charge in [-0.2, -0.15) is 0 Å². The number of benzene rings is 1. The number of hydrogen-bond donors (Lipinski definition) is 1. The summed E-state index contributed by atoms with van der Waals surface area (Å²) < 4.78 is 5.59. The maximum Gasteiger partial charge on any atom is 0.138 e. The van der Waals surface area contributed by atoms with Crippen molar-refractivity contribution in [3.8, 4) is 5.75 Å². The molecule has 0 saturated heterocycles. The van der Waals surface area contributed by atoms with E-state index in [1.807, 2.05) is 25.8 Å². The van der Waals surface area contributed by atoms with E-state index in [0.29, 0.717) is 28.9 Å². The van der Waals surface area contributed by atoms with Crippen LogP contribution < -0.4 is 4.74 Å². The molecule has 0 spiro atoms. The van der Waals surface area contributed by atoms with E-state index in [1.54, 1.807) is 18.2 Å². The maximum atomic E-state index is 9.24. The largest absolute Gasteiger partial charge is 0.491 e. The summed E-state index contributed by atoms with van der Waals surface area (Å²) in [6.45, 7) is 5.25. The van der Waals surface area contributed by atoms with Crippen LogP contribution in [-0.4, -0.2) is 42.4 Å². The van der Waals surface area contributed by atoms with Gasteiger partial charge in [-0.05, 0) is 39.1 Å². The topological polar surface area (TPSA) is 32.7 Å². The summed E-state index contributed by atoms with van der Waals surface area (Å²) in [5.41, 5.74) is -0.257. The lowest BCUT2D eigenvalue weighted by Crippen LogP contribution is -2.45. The van der Waals surface area contributed by atoms with Gasteiger partial charge in [-0.3, -0.25) is 4.90 Å². The van der Waals surface area contributed by atoms with E-state index in [4.69, 9.17) is 27.9 Å². The number of ether oxygens (including phenoxy) is 1. The highest BCUT2D eigenvalue weighted by atomic mass is 35.5. The van der Waals surface area contributed by atoms with Crippen molar-refractivity contribution in [3.05, 3.63) is 28.2 Å². The molecule has 5 heteroatoms. The van der Waals surface area contributed by atoms with E-state index in [0.717, 1.165) is 0 Å². The minimum Gasteiger partial charge on any atom is -0.491 e. The highest BCUT2D eigenvalue weighted by Crippen LogP contribution is 2.27. The number of halogens is 2. The van der Waals surface area contributed by atoms with Gasteiger partial charge >= 0.3 is 0 Å². The molecule has 102 valence electrons. The molecule has 0 aliphatic carbocycles. The van der Waals surface area contributed by atoms with E-state index < -0.39 is 0 Å². The number of hydrogen-bond acceptors (Lipinski definition) is 3. The third-order valence-corrected chi connectivity index (χ3v) is 3.53. The molecule has 0 aromatic heterocycles. The molecule has 0 aliphatic heterocycles. The van der Waals surface area contributed by atoms with Gasteiger partial charge in [0.2, 0.25) is 0 Å². The van der Waals surface area contributed by atoms with E-state index >= 15 is 0 Å². The summed E-state index contributed by atoms with van der Waals surface area (Å²) >= 11 is 11.8. The van der Waals surface area contributed by atoms with Crippen molar-refractivity contribution in [3.63, 3.8) is 0 Å². The molecule has 0 unspecified atom stereocenters. The molecule has 0 radical (unpaired) electrons. The van der Waals surface area contributed by atoms with Crippen LogP contribution in [0.2, 0.25) is 10.0 Å². The molecule has 1 aromatic rings. The Morgan fingerprint density at radius 2 is 2.00 bits per heavy atom. The van der Waals surface area contributed by atoms with E-state index in [2.05, 4.69) is 0 Å². The van der Waals surface area contributed by atoms with Gasteiger partial charge < -0.3 is 9.84 Å². The summed E-state index contributed by atoms with van der Waals surface area (Å²) in [4.78, 5) is 2.04. The lowest BCUT2D eigenvalue weighted by Gasteiger charge is -2.33. The van der Waals surface area contributed by atoms with Crippen LogP contribution in [-0.2, 0) is 0 Å². The van der Waals surface area contributed by atoms with Crippen molar-refractivity contribution in [2.24, 2.45) is 0 Å². The second-order valence-corrected chi connectivity index (χ2v) is 5.66. The third-order valence-electron chi connectivity index (χ3n) is 3.00. The number of nitrogens with zero attached hydrogens (tertiary/aromatic N) is 1. The average molecular weight is 292 g/mol. The van der Waals surface area contributed by atoms with Crippen LogP contribution in [0.3, 0.4) is 0 Å². The summed E-state index contributed by atoms with van der Waals surface area (Å²) in [5, 5.41) is 10.3. The molecule has 18 heavy (non-hydrogen) atoms. The predicted octanol–water partition coefficient (Wildman–Crippen LogP) is 3.07. The van der Waals surface area contributed by atoms with Gasteiger partial charge in [0.05, 0.1) is 11.6 Å². The number of likely N-dealkylation sites (N-methyl/N-ethyl adjacent to an activating group) is 1. The highest BCUT2D eigenvalue weighted by molar-refractivity contribution is 6.35. The Labute approximate surface area is 118 Å². The molecule has 1 aromatic carbocycles. The Bertz CT molecular complexity index is 397. The fraction of sp³-hybridized carbons (Fsp3) is 0.538. The van der Waals surface area contributed by atoms with Crippen LogP contribution in [0.4, 0.5) is 0 Å². The monoisotopic (exact) mass is 291 g/mol. The first-order valence-electron chi connectivity index (χ1n) is 5.77. The predicted molar refractivity (Wildman–Crippen MR) is 75.8 cm³/mol. The lowest BCUT2D eigenvalue weighted by molar-refractivity contribution is 0.0679. The molecule has 0 amide bonds. The van der Waals surface area contributed by atoms with E-state index in [1.165, 1.54) is 0 Å². The Balaban J connectivity index is 2.47. The Hall–Kier alpha value is -0.480. The first-order valence-corrected chi connectivity index (χ1v) is 6.52. The van der Waals surface area contributed by atoms with Crippen LogP contribution in [0.5, 0.6) is 5.75 Å². The van der Waals surface area contributed by atoms with Crippen molar-refractivity contribution in [2.45, 2.75) is 19.4 Å². The molecule has 3 nitrogen and oxygen atoms in total. The van der Waals surface area contributed by atoms with Gasteiger partial charge in [0.15, 0.2) is 0 Å². The minimum absolute atomic E-state index is 0.102. The first-order chi connectivity index (χ1) is 8.36. The fourth-order valence-corrected chi connectivity index (χ4v) is 1.77. The van der Waals surface area contributed by atoms with Crippen LogP contribution in [0.15, 0.2) is 18.2 Å². The Morgan fingerprint density at radius 3 is 2.56 bits per heavy atom. The van der Waals surface area contributed by atoms with Crippen molar-refractivity contribution in [1.29, 1.82) is 0 Å². The minimum atomic E-state index is -0.257. The standard InChI is InChI=1S/C13H19Cl2NO2/c1-13(2,9-17)16(3)6-7-18-12-5-4-10(14)8-11(12)15/h4-5,8,17H,6-7,9H2,1-3H3. The second kappa shape index (κ2) is 6.62. The van der Waals surface area contributed by atoms with Crippen molar-refractivity contribution in [1.82, 2.24) is 4.90 Å². The fourth-order valence-electron chi connectivity index (χ4n) is 1.31. The number of aliphatic hydroxyl groups excluding tert-OH is 1. The molecule has 0 bridgehead atoms. The van der Waals surface area contributed by atoms with Crippen LogP contribution in [0.25, 0.3) is 0 Å². The molecule has 1 rings (SSSR count). The van der Waals surface area contributed by atoms with Crippen molar-refractivity contribution < 1.29 is 9.84 Å². The van der Waals surface area contributed by atoms with Crippen LogP contribution in [0.1, 0.15) is 13.8 Å². The zero-order valence-electron chi connectivity index (χ0n) is 10.9. The first kappa shape index (κ1) is 15.6. The normalized spacial score (nSPS) is 11.9. The maximum absolute atomic E-state index is 9.24. The van der Waals surface area contributed by atoms with Gasteiger partial charge in [-0.1, -0.05) is 23.2 Å². The van der Waals surface area contributed by atoms with Crippen molar-refractivity contribution >= 4 is 23.2 Å². The summed E-state index contributed by atoms with van der Waals surface area (Å²) in [7, 11) is 1.95. The molecule has 0 aliphatic rings. The quantitative estimate of drug-likeness (QED) is 0.874. The van der Waals surface area contributed by atoms with Crippen LogP contribution >= 0.6 is 23.2 Å². The molecule has 1 N–H and O–H groups in total.